The van der Waals surface area contributed by atoms with Crippen LogP contribution in [0.3, 0.4) is 0 Å². The molecule has 3 aliphatic rings. The van der Waals surface area contributed by atoms with Crippen molar-refractivity contribution < 1.29 is 24.1 Å². The molecule has 7 nitrogen and oxygen atoms in total. The van der Waals surface area contributed by atoms with Gasteiger partial charge in [-0.15, -0.1) is 0 Å². The number of fused-ring (bicyclic) bond motifs is 2. The smallest absolute Gasteiger partial charge is 0.411 e. The zero-order chi connectivity index (χ0) is 27.6. The number of ether oxygens (including phenoxy) is 3. The molecule has 0 spiro atoms. The molecule has 0 aromatic heterocycles. The van der Waals surface area contributed by atoms with Crippen LogP contribution in [0.2, 0.25) is 0 Å². The molecule has 1 amide bonds. The number of carbonyl (C=O) groups is 1. The van der Waals surface area contributed by atoms with Crippen molar-refractivity contribution in [3.8, 4) is 0 Å². The van der Waals surface area contributed by atoms with Crippen molar-refractivity contribution in [2.45, 2.75) is 77.6 Å². The highest BCUT2D eigenvalue weighted by Gasteiger charge is 2.50. The first-order valence-electron chi connectivity index (χ1n) is 14.0. The SMILES string of the molecule is C=CCOC(=O)Nc1ccc(C2OC(CN3CC4(C)CC3CC(C)(C)C4)CC(c3ccc(CO)cc3)O2)cc1. The third kappa shape index (κ3) is 6.72. The molecule has 5 atom stereocenters. The van der Waals surface area contributed by atoms with Gasteiger partial charge in [0.2, 0.25) is 0 Å². The standard InChI is InChI=1S/C32H42N2O5/c1-5-14-37-30(36)33-25-12-10-24(11-13-25)29-38-27(15-28(39-29)23-8-6-22(19-35)7-9-23)18-34-21-32(4)17-26(34)16-31(2,3)20-32/h5-13,26-29,35H,1,14-21H2,2-4H3,(H,33,36). The summed E-state index contributed by atoms with van der Waals surface area (Å²) >= 11 is 0. The lowest BCUT2D eigenvalue weighted by Crippen LogP contribution is -2.42. The Balaban J connectivity index is 1.32. The number of rotatable bonds is 8. The second kappa shape index (κ2) is 11.4. The zero-order valence-electron chi connectivity index (χ0n) is 23.4. The molecule has 2 bridgehead atoms. The van der Waals surface area contributed by atoms with Gasteiger partial charge in [-0.05, 0) is 53.4 Å². The van der Waals surface area contributed by atoms with E-state index < -0.39 is 12.4 Å². The van der Waals surface area contributed by atoms with E-state index in [1.807, 2.05) is 48.5 Å². The van der Waals surface area contributed by atoms with Crippen LogP contribution >= 0.6 is 0 Å². The Morgan fingerprint density at radius 3 is 2.51 bits per heavy atom. The van der Waals surface area contributed by atoms with Crippen LogP contribution in [0, 0.1) is 10.8 Å². The maximum atomic E-state index is 11.9. The molecule has 0 radical (unpaired) electrons. The second-order valence-electron chi connectivity index (χ2n) is 12.6. The number of amides is 1. The average Bonchev–Trinajstić information content (AvgIpc) is 3.14. The number of hydrogen-bond donors (Lipinski definition) is 2. The van der Waals surface area contributed by atoms with Crippen molar-refractivity contribution in [2.24, 2.45) is 10.8 Å². The third-order valence-corrected chi connectivity index (χ3v) is 8.34. The molecule has 2 N–H and O–H groups in total. The summed E-state index contributed by atoms with van der Waals surface area (Å²) in [7, 11) is 0. The van der Waals surface area contributed by atoms with Crippen LogP contribution in [0.5, 0.6) is 0 Å². The van der Waals surface area contributed by atoms with Gasteiger partial charge in [-0.3, -0.25) is 10.2 Å². The first-order valence-corrected chi connectivity index (χ1v) is 14.0. The summed E-state index contributed by atoms with van der Waals surface area (Å²) in [6.45, 7) is 13.0. The minimum Gasteiger partial charge on any atom is -0.445 e. The summed E-state index contributed by atoms with van der Waals surface area (Å²) in [5, 5.41) is 12.2. The van der Waals surface area contributed by atoms with Gasteiger partial charge in [0.15, 0.2) is 6.29 Å². The Morgan fingerprint density at radius 2 is 1.82 bits per heavy atom. The van der Waals surface area contributed by atoms with Crippen molar-refractivity contribution in [1.82, 2.24) is 4.90 Å². The summed E-state index contributed by atoms with van der Waals surface area (Å²) in [4.78, 5) is 14.6. The van der Waals surface area contributed by atoms with Crippen LogP contribution in [0.15, 0.2) is 61.2 Å². The Bertz CT molecular complexity index is 1150. The average molecular weight is 535 g/mol. The molecule has 2 heterocycles. The fourth-order valence-electron chi connectivity index (χ4n) is 7.10. The summed E-state index contributed by atoms with van der Waals surface area (Å²) < 4.78 is 18.1. The van der Waals surface area contributed by atoms with E-state index in [9.17, 15) is 9.90 Å². The molecule has 5 unspecified atom stereocenters. The molecule has 1 aliphatic carbocycles. The number of benzene rings is 2. The van der Waals surface area contributed by atoms with Crippen LogP contribution in [-0.2, 0) is 20.8 Å². The van der Waals surface area contributed by atoms with Gasteiger partial charge in [-0.25, -0.2) is 4.79 Å². The van der Waals surface area contributed by atoms with E-state index in [-0.39, 0.29) is 25.4 Å². The lowest BCUT2D eigenvalue weighted by molar-refractivity contribution is -0.253. The molecule has 3 fully saturated rings. The predicted octanol–water partition coefficient (Wildman–Crippen LogP) is 6.36. The van der Waals surface area contributed by atoms with Crippen molar-refractivity contribution in [3.63, 3.8) is 0 Å². The molecule has 39 heavy (non-hydrogen) atoms. The fourth-order valence-corrected chi connectivity index (χ4v) is 7.10. The second-order valence-corrected chi connectivity index (χ2v) is 12.6. The maximum absolute atomic E-state index is 11.9. The molecule has 7 heteroatoms. The highest BCUT2D eigenvalue weighted by Crippen LogP contribution is 2.53. The minimum absolute atomic E-state index is 0.0176. The van der Waals surface area contributed by atoms with Crippen molar-refractivity contribution in [1.29, 1.82) is 0 Å². The molecule has 5 rings (SSSR count). The van der Waals surface area contributed by atoms with Crippen LogP contribution < -0.4 is 5.32 Å². The van der Waals surface area contributed by atoms with Gasteiger partial charge >= 0.3 is 6.09 Å². The van der Waals surface area contributed by atoms with Crippen LogP contribution in [0.4, 0.5) is 10.5 Å². The summed E-state index contributed by atoms with van der Waals surface area (Å²) in [6, 6.07) is 16.1. The summed E-state index contributed by atoms with van der Waals surface area (Å²) in [5.41, 5.74) is 4.24. The van der Waals surface area contributed by atoms with Crippen molar-refractivity contribution in [3.05, 3.63) is 77.9 Å². The molecule has 2 aliphatic heterocycles. The molecule has 2 saturated heterocycles. The number of nitrogens with zero attached hydrogens (tertiary/aromatic N) is 1. The van der Waals surface area contributed by atoms with E-state index in [0.717, 1.165) is 36.2 Å². The Hall–Kier alpha value is -2.71. The quantitative estimate of drug-likeness (QED) is 0.384. The van der Waals surface area contributed by atoms with Crippen LogP contribution in [0.1, 0.15) is 75.5 Å². The lowest BCUT2D eigenvalue weighted by atomic mass is 9.65. The monoisotopic (exact) mass is 534 g/mol. The number of carbonyl (C=O) groups excluding carboxylic acids is 1. The fraction of sp³-hybridized carbons (Fsp3) is 0.531. The zero-order valence-corrected chi connectivity index (χ0v) is 23.4. The summed E-state index contributed by atoms with van der Waals surface area (Å²) in [5.74, 6) is 0. The molecule has 2 aromatic rings. The van der Waals surface area contributed by atoms with Gasteiger partial charge < -0.3 is 19.3 Å². The first-order chi connectivity index (χ1) is 18.6. The number of aliphatic hydroxyl groups excluding tert-OH is 1. The molecule has 210 valence electrons. The number of nitrogens with one attached hydrogen (secondary N) is 1. The highest BCUT2D eigenvalue weighted by atomic mass is 16.7. The Labute approximate surface area is 232 Å². The van der Waals surface area contributed by atoms with Crippen LogP contribution in [-0.4, -0.2) is 47.9 Å². The first kappa shape index (κ1) is 27.8. The third-order valence-electron chi connectivity index (χ3n) is 8.34. The summed E-state index contributed by atoms with van der Waals surface area (Å²) in [6.07, 6.45) is 4.91. The van der Waals surface area contributed by atoms with E-state index >= 15 is 0 Å². The number of likely N-dealkylation sites (tertiary alicyclic amines) is 1. The van der Waals surface area contributed by atoms with E-state index in [2.05, 4.69) is 37.6 Å². The largest absolute Gasteiger partial charge is 0.445 e. The van der Waals surface area contributed by atoms with E-state index in [4.69, 9.17) is 14.2 Å². The Morgan fingerprint density at radius 1 is 1.10 bits per heavy atom. The van der Waals surface area contributed by atoms with E-state index in [1.54, 1.807) is 0 Å². The topological polar surface area (TPSA) is 80.3 Å². The predicted molar refractivity (Wildman–Crippen MR) is 151 cm³/mol. The van der Waals surface area contributed by atoms with Gasteiger partial charge in [0.1, 0.15) is 6.61 Å². The number of aliphatic hydroxyl groups is 1. The van der Waals surface area contributed by atoms with Gasteiger partial charge in [0, 0.05) is 36.8 Å². The number of hydrogen-bond acceptors (Lipinski definition) is 6. The van der Waals surface area contributed by atoms with Gasteiger partial charge in [-0.1, -0.05) is 69.8 Å². The van der Waals surface area contributed by atoms with Crippen molar-refractivity contribution >= 4 is 11.8 Å². The number of anilines is 1. The van der Waals surface area contributed by atoms with Crippen molar-refractivity contribution in [2.75, 3.05) is 25.0 Å². The maximum Gasteiger partial charge on any atom is 0.411 e. The highest BCUT2D eigenvalue weighted by molar-refractivity contribution is 5.84. The van der Waals surface area contributed by atoms with E-state index in [0.29, 0.717) is 22.6 Å². The minimum atomic E-state index is -0.526. The molecule has 1 saturated carbocycles. The lowest BCUT2D eigenvalue weighted by Gasteiger charge is -2.41. The van der Waals surface area contributed by atoms with Crippen LogP contribution in [0.25, 0.3) is 0 Å². The normalized spacial score (nSPS) is 30.1. The molecular formula is C32H42N2O5. The van der Waals surface area contributed by atoms with Gasteiger partial charge in [0.05, 0.1) is 18.8 Å². The van der Waals surface area contributed by atoms with E-state index in [1.165, 1.54) is 25.3 Å². The van der Waals surface area contributed by atoms with Gasteiger partial charge in [-0.2, -0.15) is 0 Å². The molecular weight excluding hydrogens is 492 g/mol. The Kier molecular flexibility index (Phi) is 8.15. The molecule has 2 aromatic carbocycles. The van der Waals surface area contributed by atoms with Gasteiger partial charge in [0.25, 0.3) is 0 Å².